The molecule has 0 fully saturated rings. The van der Waals surface area contributed by atoms with Crippen LogP contribution in [0.5, 0.6) is 0 Å². The summed E-state index contributed by atoms with van der Waals surface area (Å²) >= 11 is 0. The molecule has 148 valence electrons. The highest BCUT2D eigenvalue weighted by molar-refractivity contribution is 14.0. The smallest absolute Gasteiger partial charge is 0.191 e. The highest BCUT2D eigenvalue weighted by Crippen LogP contribution is 2.14. The number of nitrogens with zero attached hydrogens (tertiary/aromatic N) is 1. The van der Waals surface area contributed by atoms with Crippen molar-refractivity contribution in [1.82, 2.24) is 10.6 Å². The van der Waals surface area contributed by atoms with Crippen LogP contribution in [0.4, 0.5) is 4.39 Å². The molecule has 0 aliphatic heterocycles. The van der Waals surface area contributed by atoms with Crippen molar-refractivity contribution >= 4 is 39.8 Å². The molecule has 0 bridgehead atoms. The molecule has 0 aliphatic carbocycles. The number of benzene rings is 2. The van der Waals surface area contributed by atoms with Crippen LogP contribution in [0.1, 0.15) is 22.3 Å². The first kappa shape index (κ1) is 23.4. The Hall–Kier alpha value is -1.68. The number of hydrogen-bond donors (Lipinski definition) is 2. The van der Waals surface area contributed by atoms with Gasteiger partial charge in [0, 0.05) is 26.4 Å². The van der Waals surface area contributed by atoms with E-state index >= 15 is 0 Å². The lowest BCUT2D eigenvalue weighted by Gasteiger charge is -2.14. The summed E-state index contributed by atoms with van der Waals surface area (Å²) in [5, 5.41) is 6.28. The minimum absolute atomic E-state index is 0. The van der Waals surface area contributed by atoms with Gasteiger partial charge in [-0.05, 0) is 35.7 Å². The van der Waals surface area contributed by atoms with Crippen LogP contribution in [0, 0.1) is 12.7 Å². The third-order valence-corrected chi connectivity index (χ3v) is 4.67. The normalized spacial score (nSPS) is 11.6. The number of hydrogen-bond acceptors (Lipinski definition) is 3. The SMILES string of the molecule is CN=C(NCc1ccc(C)cc1)NCc1cc(F)ccc1CS(C)(=O)=O.I. The van der Waals surface area contributed by atoms with E-state index in [1.807, 2.05) is 31.2 Å². The van der Waals surface area contributed by atoms with Crippen molar-refractivity contribution in [3.05, 3.63) is 70.5 Å². The van der Waals surface area contributed by atoms with E-state index in [-0.39, 0.29) is 36.3 Å². The zero-order chi connectivity index (χ0) is 19.2. The molecule has 0 heterocycles. The summed E-state index contributed by atoms with van der Waals surface area (Å²) in [5.74, 6) is 0.0291. The van der Waals surface area contributed by atoms with E-state index in [9.17, 15) is 12.8 Å². The van der Waals surface area contributed by atoms with Gasteiger partial charge in [-0.1, -0.05) is 35.9 Å². The van der Waals surface area contributed by atoms with Crippen LogP contribution in [0.15, 0.2) is 47.5 Å². The summed E-state index contributed by atoms with van der Waals surface area (Å²) in [5.41, 5.74) is 3.48. The first-order valence-corrected chi connectivity index (χ1v) is 10.3. The van der Waals surface area contributed by atoms with Crippen molar-refractivity contribution < 1.29 is 12.8 Å². The summed E-state index contributed by atoms with van der Waals surface area (Å²) in [6.45, 7) is 2.90. The lowest BCUT2D eigenvalue weighted by Crippen LogP contribution is -2.36. The Morgan fingerprint density at radius 2 is 1.67 bits per heavy atom. The second-order valence-corrected chi connectivity index (χ2v) is 8.39. The molecule has 0 saturated carbocycles. The van der Waals surface area contributed by atoms with Crippen molar-refractivity contribution in [3.63, 3.8) is 0 Å². The maximum atomic E-state index is 13.6. The van der Waals surface area contributed by atoms with Crippen LogP contribution in [0.3, 0.4) is 0 Å². The first-order chi connectivity index (χ1) is 12.3. The largest absolute Gasteiger partial charge is 0.352 e. The Kier molecular flexibility index (Phi) is 9.17. The lowest BCUT2D eigenvalue weighted by atomic mass is 10.1. The summed E-state index contributed by atoms with van der Waals surface area (Å²) in [6, 6.07) is 12.3. The van der Waals surface area contributed by atoms with Gasteiger partial charge in [-0.2, -0.15) is 0 Å². The molecular formula is C19H25FIN3O2S. The number of sulfone groups is 1. The predicted molar refractivity (Wildman–Crippen MR) is 119 cm³/mol. The minimum atomic E-state index is -3.20. The fourth-order valence-corrected chi connectivity index (χ4v) is 3.32. The third kappa shape index (κ3) is 8.25. The standard InChI is InChI=1S/C19H24FN3O2S.HI/c1-14-4-6-15(7-5-14)11-22-19(21-2)23-12-17-10-18(20)9-8-16(17)13-26(3,24)25;/h4-10H,11-13H2,1-3H3,(H2,21,22,23);1H. The van der Waals surface area contributed by atoms with Gasteiger partial charge < -0.3 is 10.6 Å². The quantitative estimate of drug-likeness (QED) is 0.360. The van der Waals surface area contributed by atoms with Gasteiger partial charge in [-0.25, -0.2) is 12.8 Å². The van der Waals surface area contributed by atoms with Crippen molar-refractivity contribution in [2.45, 2.75) is 25.8 Å². The van der Waals surface area contributed by atoms with Gasteiger partial charge in [0.2, 0.25) is 0 Å². The van der Waals surface area contributed by atoms with E-state index in [0.29, 0.717) is 23.6 Å². The van der Waals surface area contributed by atoms with Gasteiger partial charge >= 0.3 is 0 Å². The van der Waals surface area contributed by atoms with Crippen molar-refractivity contribution in [1.29, 1.82) is 0 Å². The molecule has 0 aliphatic rings. The second-order valence-electron chi connectivity index (χ2n) is 6.25. The molecule has 0 atom stereocenters. The molecule has 0 aromatic heterocycles. The van der Waals surface area contributed by atoms with E-state index in [2.05, 4.69) is 15.6 Å². The fraction of sp³-hybridized carbons (Fsp3) is 0.316. The lowest BCUT2D eigenvalue weighted by molar-refractivity contribution is 0.599. The maximum Gasteiger partial charge on any atom is 0.191 e. The number of nitrogens with one attached hydrogen (secondary N) is 2. The molecule has 0 amide bonds. The Morgan fingerprint density at radius 1 is 1.04 bits per heavy atom. The van der Waals surface area contributed by atoms with Gasteiger partial charge in [-0.15, -0.1) is 24.0 Å². The van der Waals surface area contributed by atoms with Gasteiger partial charge in [-0.3, -0.25) is 4.99 Å². The summed E-state index contributed by atoms with van der Waals surface area (Å²) in [6.07, 6.45) is 1.16. The van der Waals surface area contributed by atoms with E-state index in [4.69, 9.17) is 0 Å². The molecule has 0 radical (unpaired) electrons. The average molecular weight is 505 g/mol. The van der Waals surface area contributed by atoms with Gasteiger partial charge in [0.15, 0.2) is 15.8 Å². The fourth-order valence-electron chi connectivity index (χ4n) is 2.47. The predicted octanol–water partition coefficient (Wildman–Crippen LogP) is 3.16. The zero-order valence-electron chi connectivity index (χ0n) is 15.6. The number of halogens is 2. The molecular weight excluding hydrogens is 480 g/mol. The van der Waals surface area contributed by atoms with Gasteiger partial charge in [0.25, 0.3) is 0 Å². The average Bonchev–Trinajstić information content (AvgIpc) is 2.57. The van der Waals surface area contributed by atoms with Crippen molar-refractivity contribution in [3.8, 4) is 0 Å². The first-order valence-electron chi connectivity index (χ1n) is 8.22. The Labute approximate surface area is 177 Å². The summed E-state index contributed by atoms with van der Waals surface area (Å²) in [7, 11) is -1.56. The number of aryl methyl sites for hydroxylation is 1. The Morgan fingerprint density at radius 3 is 2.26 bits per heavy atom. The van der Waals surface area contributed by atoms with E-state index in [1.165, 1.54) is 23.8 Å². The molecule has 8 heteroatoms. The molecule has 0 spiro atoms. The number of guanidine groups is 1. The van der Waals surface area contributed by atoms with Gasteiger partial charge in [0.1, 0.15) is 5.82 Å². The molecule has 2 aromatic rings. The summed E-state index contributed by atoms with van der Waals surface area (Å²) < 4.78 is 36.7. The van der Waals surface area contributed by atoms with E-state index in [0.717, 1.165) is 11.8 Å². The number of aliphatic imine (C=N–C) groups is 1. The monoisotopic (exact) mass is 505 g/mol. The molecule has 27 heavy (non-hydrogen) atoms. The Balaban J connectivity index is 0.00000364. The molecule has 0 saturated heterocycles. The van der Waals surface area contributed by atoms with Crippen LogP contribution in [0.25, 0.3) is 0 Å². The van der Waals surface area contributed by atoms with Crippen molar-refractivity contribution in [2.24, 2.45) is 4.99 Å². The van der Waals surface area contributed by atoms with Gasteiger partial charge in [0.05, 0.1) is 5.75 Å². The molecule has 5 nitrogen and oxygen atoms in total. The minimum Gasteiger partial charge on any atom is -0.352 e. The number of rotatable bonds is 6. The highest BCUT2D eigenvalue weighted by atomic mass is 127. The molecule has 2 N–H and O–H groups in total. The second kappa shape index (κ2) is 10.6. The van der Waals surface area contributed by atoms with Crippen LogP contribution in [-0.2, 0) is 28.7 Å². The van der Waals surface area contributed by atoms with Crippen LogP contribution in [-0.4, -0.2) is 27.7 Å². The topological polar surface area (TPSA) is 70.6 Å². The van der Waals surface area contributed by atoms with Crippen molar-refractivity contribution in [2.75, 3.05) is 13.3 Å². The Bertz CT molecular complexity index is 884. The third-order valence-electron chi connectivity index (χ3n) is 3.84. The van der Waals surface area contributed by atoms with E-state index in [1.54, 1.807) is 7.05 Å². The highest BCUT2D eigenvalue weighted by Gasteiger charge is 2.11. The molecule has 2 aromatic carbocycles. The molecule has 0 unspecified atom stereocenters. The van der Waals surface area contributed by atoms with E-state index < -0.39 is 15.7 Å². The maximum absolute atomic E-state index is 13.6. The zero-order valence-corrected chi connectivity index (χ0v) is 18.8. The van der Waals surface area contributed by atoms with Crippen LogP contribution in [0.2, 0.25) is 0 Å². The molecule has 2 rings (SSSR count). The van der Waals surface area contributed by atoms with Crippen LogP contribution >= 0.6 is 24.0 Å². The van der Waals surface area contributed by atoms with Crippen LogP contribution < -0.4 is 10.6 Å². The summed E-state index contributed by atoms with van der Waals surface area (Å²) in [4.78, 5) is 4.14.